The Morgan fingerprint density at radius 1 is 1.05 bits per heavy atom. The highest BCUT2D eigenvalue weighted by Crippen LogP contribution is 2.42. The molecule has 3 aromatic rings. The van der Waals surface area contributed by atoms with E-state index in [0.29, 0.717) is 5.92 Å². The Morgan fingerprint density at radius 2 is 1.76 bits per heavy atom. The Bertz CT molecular complexity index is 882. The molecule has 3 nitrogen and oxygen atoms in total. The highest BCUT2D eigenvalue weighted by Gasteiger charge is 2.32. The number of H-pyrrole nitrogens is 1. The summed E-state index contributed by atoms with van der Waals surface area (Å²) in [5.41, 5.74) is 3.61. The van der Waals surface area contributed by atoms with Crippen LogP contribution >= 0.6 is 0 Å². The van der Waals surface area contributed by atoms with Crippen LogP contribution in [0.15, 0.2) is 53.3 Å². The molecular weight excluding hydrogens is 260 g/mol. The van der Waals surface area contributed by atoms with Crippen LogP contribution in [-0.4, -0.2) is 10.2 Å². The normalized spacial score (nSPS) is 20.6. The van der Waals surface area contributed by atoms with E-state index in [1.165, 1.54) is 11.1 Å². The molecule has 0 spiro atoms. The van der Waals surface area contributed by atoms with Crippen LogP contribution in [0, 0.1) is 5.92 Å². The van der Waals surface area contributed by atoms with Crippen LogP contribution in [0.2, 0.25) is 0 Å². The van der Waals surface area contributed by atoms with Crippen LogP contribution in [0.4, 0.5) is 0 Å². The molecule has 2 aromatic carbocycles. The van der Waals surface area contributed by atoms with E-state index in [0.717, 1.165) is 22.9 Å². The van der Waals surface area contributed by atoms with Gasteiger partial charge in [-0.25, -0.2) is 5.10 Å². The van der Waals surface area contributed by atoms with Crippen molar-refractivity contribution in [2.24, 2.45) is 5.92 Å². The molecule has 1 N–H and O–H groups in total. The third-order valence-electron chi connectivity index (χ3n) is 4.52. The average molecular weight is 276 g/mol. The Labute approximate surface area is 122 Å². The van der Waals surface area contributed by atoms with Gasteiger partial charge in [0.1, 0.15) is 0 Å². The quantitative estimate of drug-likeness (QED) is 0.741. The fourth-order valence-corrected chi connectivity index (χ4v) is 3.58. The van der Waals surface area contributed by atoms with Gasteiger partial charge < -0.3 is 0 Å². The third-order valence-corrected chi connectivity index (χ3v) is 4.52. The highest BCUT2D eigenvalue weighted by molar-refractivity contribution is 5.84. The zero-order chi connectivity index (χ0) is 14.4. The summed E-state index contributed by atoms with van der Waals surface area (Å²) in [5.74, 6) is 0.743. The molecule has 2 atom stereocenters. The topological polar surface area (TPSA) is 45.8 Å². The highest BCUT2D eigenvalue weighted by atomic mass is 16.1. The van der Waals surface area contributed by atoms with Crippen molar-refractivity contribution in [2.45, 2.75) is 19.3 Å². The summed E-state index contributed by atoms with van der Waals surface area (Å²) in [6.07, 6.45) is 1.07. The minimum atomic E-state index is -0.117. The summed E-state index contributed by atoms with van der Waals surface area (Å²) in [5, 5.41) is 8.75. The summed E-state index contributed by atoms with van der Waals surface area (Å²) in [6, 6.07) is 16.3. The summed E-state index contributed by atoms with van der Waals surface area (Å²) in [7, 11) is 0. The maximum absolute atomic E-state index is 12.0. The molecule has 1 aliphatic carbocycles. The monoisotopic (exact) mass is 276 g/mol. The number of nitrogens with one attached hydrogen (secondary N) is 1. The lowest BCUT2D eigenvalue weighted by atomic mass is 9.88. The minimum absolute atomic E-state index is 0.117. The largest absolute Gasteiger partial charge is 0.272 e. The summed E-state index contributed by atoms with van der Waals surface area (Å²) in [4.78, 5) is 12.0. The van der Waals surface area contributed by atoms with Gasteiger partial charge in [-0.05, 0) is 29.5 Å². The second-order valence-corrected chi connectivity index (χ2v) is 5.84. The van der Waals surface area contributed by atoms with Gasteiger partial charge in [0.2, 0.25) is 0 Å². The van der Waals surface area contributed by atoms with Gasteiger partial charge in [-0.1, -0.05) is 49.4 Å². The number of fused-ring (bicyclic) bond motifs is 2. The van der Waals surface area contributed by atoms with Gasteiger partial charge in [0.25, 0.3) is 5.56 Å². The molecule has 1 aromatic heterocycles. The SMILES string of the molecule is CC1Cc2ccccc2C1c1n[nH]c(=O)c2ccccc12. The van der Waals surface area contributed by atoms with Gasteiger partial charge in [-0.15, -0.1) is 0 Å². The first-order valence-electron chi connectivity index (χ1n) is 7.31. The second kappa shape index (κ2) is 4.55. The lowest BCUT2D eigenvalue weighted by molar-refractivity contribution is 0.545. The van der Waals surface area contributed by atoms with Crippen LogP contribution in [0.25, 0.3) is 10.8 Å². The number of rotatable bonds is 1. The lowest BCUT2D eigenvalue weighted by Crippen LogP contribution is -2.15. The molecule has 0 radical (unpaired) electrons. The van der Waals surface area contributed by atoms with Crippen LogP contribution in [0.5, 0.6) is 0 Å². The van der Waals surface area contributed by atoms with E-state index >= 15 is 0 Å². The molecule has 0 amide bonds. The van der Waals surface area contributed by atoms with Crippen molar-refractivity contribution in [3.05, 3.63) is 75.7 Å². The molecule has 0 fully saturated rings. The fourth-order valence-electron chi connectivity index (χ4n) is 3.58. The lowest BCUT2D eigenvalue weighted by Gasteiger charge is -2.17. The van der Waals surface area contributed by atoms with Crippen molar-refractivity contribution in [3.8, 4) is 0 Å². The van der Waals surface area contributed by atoms with E-state index in [-0.39, 0.29) is 11.5 Å². The van der Waals surface area contributed by atoms with Crippen LogP contribution in [0.3, 0.4) is 0 Å². The van der Waals surface area contributed by atoms with Crippen LogP contribution in [0.1, 0.15) is 29.7 Å². The first-order valence-corrected chi connectivity index (χ1v) is 7.31. The molecule has 1 heterocycles. The number of benzene rings is 2. The first-order chi connectivity index (χ1) is 10.3. The maximum Gasteiger partial charge on any atom is 0.272 e. The van der Waals surface area contributed by atoms with E-state index in [4.69, 9.17) is 0 Å². The minimum Gasteiger partial charge on any atom is -0.267 e. The average Bonchev–Trinajstić information content (AvgIpc) is 2.84. The predicted molar refractivity (Wildman–Crippen MR) is 83.5 cm³/mol. The number of hydrogen-bond donors (Lipinski definition) is 1. The smallest absolute Gasteiger partial charge is 0.267 e. The van der Waals surface area contributed by atoms with Gasteiger partial charge in [-0.3, -0.25) is 4.79 Å². The first kappa shape index (κ1) is 12.3. The number of aromatic amines is 1. The third kappa shape index (κ3) is 1.81. The van der Waals surface area contributed by atoms with Gasteiger partial charge in [0.05, 0.1) is 11.1 Å². The van der Waals surface area contributed by atoms with Gasteiger partial charge >= 0.3 is 0 Å². The van der Waals surface area contributed by atoms with Gasteiger partial charge in [-0.2, -0.15) is 5.10 Å². The Morgan fingerprint density at radius 3 is 2.62 bits per heavy atom. The Kier molecular flexibility index (Phi) is 2.67. The predicted octanol–water partition coefficient (Wildman–Crippen LogP) is 3.25. The van der Waals surface area contributed by atoms with Crippen molar-refractivity contribution in [1.82, 2.24) is 10.2 Å². The summed E-state index contributed by atoms with van der Waals surface area (Å²) < 4.78 is 0. The van der Waals surface area contributed by atoms with Crippen molar-refractivity contribution >= 4 is 10.8 Å². The Hall–Kier alpha value is -2.42. The van der Waals surface area contributed by atoms with E-state index in [9.17, 15) is 4.79 Å². The molecule has 0 saturated carbocycles. The molecule has 4 rings (SSSR count). The molecule has 0 bridgehead atoms. The van der Waals surface area contributed by atoms with E-state index in [1.54, 1.807) is 0 Å². The zero-order valence-corrected chi connectivity index (χ0v) is 11.8. The molecule has 0 saturated heterocycles. The number of hydrogen-bond acceptors (Lipinski definition) is 2. The van der Waals surface area contributed by atoms with Crippen molar-refractivity contribution in [2.75, 3.05) is 0 Å². The zero-order valence-electron chi connectivity index (χ0n) is 11.8. The summed E-state index contributed by atoms with van der Waals surface area (Å²) >= 11 is 0. The van der Waals surface area contributed by atoms with E-state index < -0.39 is 0 Å². The van der Waals surface area contributed by atoms with E-state index in [2.05, 4.69) is 41.4 Å². The molecular formula is C18H16N2O. The second-order valence-electron chi connectivity index (χ2n) is 5.84. The molecule has 104 valence electrons. The van der Waals surface area contributed by atoms with Gasteiger partial charge in [0, 0.05) is 11.3 Å². The van der Waals surface area contributed by atoms with Crippen molar-refractivity contribution in [1.29, 1.82) is 0 Å². The van der Waals surface area contributed by atoms with Crippen LogP contribution in [-0.2, 0) is 6.42 Å². The van der Waals surface area contributed by atoms with Crippen molar-refractivity contribution in [3.63, 3.8) is 0 Å². The molecule has 2 unspecified atom stereocenters. The van der Waals surface area contributed by atoms with Crippen molar-refractivity contribution < 1.29 is 0 Å². The molecule has 21 heavy (non-hydrogen) atoms. The molecule has 1 aliphatic rings. The van der Waals surface area contributed by atoms with Gasteiger partial charge in [0.15, 0.2) is 0 Å². The number of nitrogens with zero attached hydrogens (tertiary/aromatic N) is 1. The fraction of sp³-hybridized carbons (Fsp3) is 0.222. The molecule has 3 heteroatoms. The van der Waals surface area contributed by atoms with Crippen LogP contribution < -0.4 is 5.56 Å². The Balaban J connectivity index is 2.00. The summed E-state index contributed by atoms with van der Waals surface area (Å²) in [6.45, 7) is 2.26. The standard InChI is InChI=1S/C18H16N2O/c1-11-10-12-6-2-3-7-13(12)16(11)17-14-8-4-5-9-15(14)18(21)20-19-17/h2-9,11,16H,10H2,1H3,(H,20,21). The maximum atomic E-state index is 12.0. The van der Waals surface area contributed by atoms with E-state index in [1.807, 2.05) is 24.3 Å². The number of aromatic nitrogens is 2. The molecule has 0 aliphatic heterocycles.